The molecule has 0 unspecified atom stereocenters. The Bertz CT molecular complexity index is 738. The molecule has 0 atom stereocenters. The first kappa shape index (κ1) is 26.4. The molecule has 0 aliphatic rings. The fraction of sp³-hybridized carbons (Fsp3) is 0.640. The van der Waals surface area contributed by atoms with Crippen molar-refractivity contribution < 1.29 is 0 Å². The first-order valence-electron chi connectivity index (χ1n) is 12.4. The zero-order valence-corrected chi connectivity index (χ0v) is 21.3. The molecule has 0 fully saturated rings. The van der Waals surface area contributed by atoms with E-state index in [9.17, 15) is 0 Å². The predicted octanol–water partition coefficient (Wildman–Crippen LogP) is 7.85. The second kappa shape index (κ2) is 16.7. The third kappa shape index (κ3) is 11.1. The van der Waals surface area contributed by atoms with Crippen molar-refractivity contribution in [3.8, 4) is 0 Å². The normalized spacial score (nSPS) is 10.9. The number of nitrogens with zero attached hydrogens (tertiary/aromatic N) is 3. The van der Waals surface area contributed by atoms with Gasteiger partial charge in [-0.1, -0.05) is 90.4 Å². The van der Waals surface area contributed by atoms with E-state index in [4.69, 9.17) is 5.73 Å². The first-order valence-corrected chi connectivity index (χ1v) is 13.2. The van der Waals surface area contributed by atoms with Gasteiger partial charge in [0.15, 0.2) is 11.6 Å². The molecule has 0 spiro atoms. The molecule has 0 amide bonds. The number of anilines is 4. The summed E-state index contributed by atoms with van der Waals surface area (Å²) in [7, 11) is 0. The van der Waals surface area contributed by atoms with Crippen molar-refractivity contribution >= 4 is 39.1 Å². The number of nitrogen functional groups attached to an aromatic ring is 1. The van der Waals surface area contributed by atoms with Crippen molar-refractivity contribution in [3.05, 3.63) is 29.1 Å². The van der Waals surface area contributed by atoms with Crippen LogP contribution in [0.1, 0.15) is 96.8 Å². The number of nitrogens with two attached hydrogens (primary N) is 1. The molecule has 0 bridgehead atoms. The zero-order valence-electron chi connectivity index (χ0n) is 19.7. The molecule has 0 aromatic carbocycles. The summed E-state index contributed by atoms with van der Waals surface area (Å²) in [6, 6.07) is 3.79. The van der Waals surface area contributed by atoms with Gasteiger partial charge < -0.3 is 16.4 Å². The molecule has 4 N–H and O–H groups in total. The van der Waals surface area contributed by atoms with E-state index < -0.39 is 0 Å². The maximum Gasteiger partial charge on any atom is 0.160 e. The van der Waals surface area contributed by atoms with Crippen LogP contribution in [0.25, 0.3) is 0 Å². The van der Waals surface area contributed by atoms with Crippen LogP contribution in [0, 0.1) is 0 Å². The summed E-state index contributed by atoms with van der Waals surface area (Å²) < 4.78 is 0.925. The van der Waals surface area contributed by atoms with Crippen LogP contribution in [0.15, 0.2) is 29.1 Å². The van der Waals surface area contributed by atoms with Crippen LogP contribution in [-0.4, -0.2) is 21.5 Å². The maximum absolute atomic E-state index is 6.23. The molecule has 178 valence electrons. The monoisotopic (exact) mass is 504 g/mol. The minimum absolute atomic E-state index is 0.516. The van der Waals surface area contributed by atoms with Crippen molar-refractivity contribution in [3.63, 3.8) is 0 Å². The summed E-state index contributed by atoms with van der Waals surface area (Å²) >= 11 is 3.38. The maximum atomic E-state index is 6.23. The van der Waals surface area contributed by atoms with E-state index in [-0.39, 0.29) is 0 Å². The lowest BCUT2D eigenvalue weighted by molar-refractivity contribution is 0.537. The van der Waals surface area contributed by atoms with Crippen LogP contribution < -0.4 is 16.4 Å². The lowest BCUT2D eigenvalue weighted by Crippen LogP contribution is -2.09. The Hall–Kier alpha value is -1.89. The highest BCUT2D eigenvalue weighted by Crippen LogP contribution is 2.25. The molecular weight excluding hydrogens is 464 g/mol. The Labute approximate surface area is 202 Å². The Morgan fingerprint density at radius 1 is 0.750 bits per heavy atom. The molecular formula is C25H41BrN6. The van der Waals surface area contributed by atoms with Gasteiger partial charge in [0.25, 0.3) is 0 Å². The first-order chi connectivity index (χ1) is 15.7. The van der Waals surface area contributed by atoms with Gasteiger partial charge in [-0.2, -0.15) is 0 Å². The molecule has 2 rings (SSSR count). The lowest BCUT2D eigenvalue weighted by atomic mass is 10.0. The van der Waals surface area contributed by atoms with Crippen LogP contribution in [0.3, 0.4) is 0 Å². The van der Waals surface area contributed by atoms with Crippen LogP contribution in [-0.2, 0) is 0 Å². The highest BCUT2D eigenvalue weighted by Gasteiger charge is 2.08. The SMILES string of the molecule is CCCCCCCCCCCCCCCCNc1ncnc(Nc2ccc(Br)cn2)c1N. The third-order valence-corrected chi connectivity index (χ3v) is 6.15. The van der Waals surface area contributed by atoms with Crippen molar-refractivity contribution in [1.82, 2.24) is 15.0 Å². The van der Waals surface area contributed by atoms with Crippen molar-refractivity contribution in [2.75, 3.05) is 22.9 Å². The van der Waals surface area contributed by atoms with Gasteiger partial charge in [-0.25, -0.2) is 15.0 Å². The van der Waals surface area contributed by atoms with Crippen molar-refractivity contribution in [2.45, 2.75) is 96.8 Å². The number of rotatable bonds is 18. The van der Waals surface area contributed by atoms with Gasteiger partial charge in [-0.3, -0.25) is 0 Å². The van der Waals surface area contributed by atoms with Crippen LogP contribution in [0.2, 0.25) is 0 Å². The predicted molar refractivity (Wildman–Crippen MR) is 140 cm³/mol. The van der Waals surface area contributed by atoms with Gasteiger partial charge in [0.05, 0.1) is 0 Å². The van der Waals surface area contributed by atoms with Crippen LogP contribution in [0.4, 0.5) is 23.1 Å². The molecule has 2 aromatic heterocycles. The van der Waals surface area contributed by atoms with Crippen LogP contribution >= 0.6 is 15.9 Å². The topological polar surface area (TPSA) is 88.8 Å². The molecule has 32 heavy (non-hydrogen) atoms. The van der Waals surface area contributed by atoms with Crippen molar-refractivity contribution in [2.24, 2.45) is 0 Å². The van der Waals surface area contributed by atoms with Gasteiger partial charge in [0.1, 0.15) is 17.8 Å². The Balaban J connectivity index is 1.50. The van der Waals surface area contributed by atoms with Crippen LogP contribution in [0.5, 0.6) is 0 Å². The minimum atomic E-state index is 0.516. The summed E-state index contributed by atoms with van der Waals surface area (Å²) in [5.74, 6) is 1.93. The molecule has 0 saturated carbocycles. The molecule has 7 heteroatoms. The molecule has 6 nitrogen and oxygen atoms in total. The molecule has 2 aromatic rings. The number of nitrogens with one attached hydrogen (secondary N) is 2. The van der Waals surface area contributed by atoms with Gasteiger partial charge >= 0.3 is 0 Å². The molecule has 0 aliphatic heterocycles. The number of halogens is 1. The Morgan fingerprint density at radius 2 is 1.31 bits per heavy atom. The number of aromatic nitrogens is 3. The Morgan fingerprint density at radius 3 is 1.88 bits per heavy atom. The van der Waals surface area contributed by atoms with E-state index in [0.717, 1.165) is 17.4 Å². The lowest BCUT2D eigenvalue weighted by Gasteiger charge is -2.12. The number of unbranched alkanes of at least 4 members (excludes halogenated alkanes) is 13. The fourth-order valence-electron chi connectivity index (χ4n) is 3.73. The third-order valence-electron chi connectivity index (χ3n) is 5.68. The van der Waals surface area contributed by atoms with E-state index in [2.05, 4.69) is 48.4 Å². The highest BCUT2D eigenvalue weighted by molar-refractivity contribution is 9.10. The number of pyridine rings is 1. The summed E-state index contributed by atoms with van der Waals surface area (Å²) in [6.45, 7) is 3.15. The second-order valence-electron chi connectivity index (χ2n) is 8.49. The summed E-state index contributed by atoms with van der Waals surface area (Å²) in [6.07, 6.45) is 22.3. The van der Waals surface area contributed by atoms with E-state index in [1.807, 2.05) is 12.1 Å². The quantitative estimate of drug-likeness (QED) is 0.179. The average molecular weight is 506 g/mol. The van der Waals surface area contributed by atoms with E-state index in [1.165, 1.54) is 89.8 Å². The largest absolute Gasteiger partial charge is 0.393 e. The number of hydrogen-bond acceptors (Lipinski definition) is 6. The van der Waals surface area contributed by atoms with Gasteiger partial charge in [0.2, 0.25) is 0 Å². The van der Waals surface area contributed by atoms with Gasteiger partial charge in [-0.05, 0) is 34.5 Å². The summed E-state index contributed by atoms with van der Waals surface area (Å²) in [5, 5.41) is 6.49. The van der Waals surface area contributed by atoms with E-state index >= 15 is 0 Å². The second-order valence-corrected chi connectivity index (χ2v) is 9.41. The van der Waals surface area contributed by atoms with E-state index in [1.54, 1.807) is 6.20 Å². The number of hydrogen-bond donors (Lipinski definition) is 3. The molecule has 2 heterocycles. The van der Waals surface area contributed by atoms with E-state index in [0.29, 0.717) is 23.1 Å². The zero-order chi connectivity index (χ0) is 22.9. The van der Waals surface area contributed by atoms with Crippen molar-refractivity contribution in [1.29, 1.82) is 0 Å². The minimum Gasteiger partial charge on any atom is -0.393 e. The fourth-order valence-corrected chi connectivity index (χ4v) is 3.97. The Kier molecular flexibility index (Phi) is 13.8. The van der Waals surface area contributed by atoms with Gasteiger partial charge in [-0.15, -0.1) is 0 Å². The standard InChI is InChI=1S/C25H41BrN6/c1-2-3-4-5-6-7-8-9-10-11-12-13-14-15-18-28-24-23(27)25(31-20-30-24)32-22-17-16-21(26)19-29-22/h16-17,19-20H,2-15,18,27H2,1H3,(H2,28,29,30,31,32). The molecule has 0 saturated heterocycles. The summed E-state index contributed by atoms with van der Waals surface area (Å²) in [5.41, 5.74) is 6.75. The smallest absolute Gasteiger partial charge is 0.160 e. The average Bonchev–Trinajstić information content (AvgIpc) is 2.80. The summed E-state index contributed by atoms with van der Waals surface area (Å²) in [4.78, 5) is 12.8. The highest BCUT2D eigenvalue weighted by atomic mass is 79.9. The molecule has 0 radical (unpaired) electrons. The van der Waals surface area contributed by atoms with Gasteiger partial charge in [0, 0.05) is 17.2 Å². The molecule has 0 aliphatic carbocycles.